The number of carbonyl (C=O) groups is 2. The van der Waals surface area contributed by atoms with Gasteiger partial charge >= 0.3 is 5.97 Å². The zero-order chi connectivity index (χ0) is 14.6. The summed E-state index contributed by atoms with van der Waals surface area (Å²) in [6.07, 6.45) is 0. The molecule has 5 heteroatoms. The molecule has 0 fully saturated rings. The van der Waals surface area contributed by atoms with E-state index in [4.69, 9.17) is 27.9 Å². The van der Waals surface area contributed by atoms with E-state index in [2.05, 4.69) is 11.8 Å². The monoisotopic (exact) mass is 298 g/mol. The number of benzene rings is 1. The van der Waals surface area contributed by atoms with Crippen LogP contribution in [0.1, 0.15) is 31.1 Å². The molecule has 0 bridgehead atoms. The van der Waals surface area contributed by atoms with E-state index in [0.717, 1.165) is 0 Å². The van der Waals surface area contributed by atoms with E-state index in [9.17, 15) is 9.59 Å². The number of halogens is 2. The number of ether oxygens (including phenoxy) is 1. The number of Topliss-reactive ketones (excluding diaryl/α,β-unsaturated/α-hetero) is 1. The summed E-state index contributed by atoms with van der Waals surface area (Å²) in [5.41, 5.74) is -0.372. The van der Waals surface area contributed by atoms with Gasteiger partial charge in [0, 0.05) is 11.5 Å². The second-order valence-electron chi connectivity index (χ2n) is 4.71. The summed E-state index contributed by atoms with van der Waals surface area (Å²) in [4.78, 5) is 23.0. The largest absolute Gasteiger partial charge is 0.450 e. The van der Waals surface area contributed by atoms with Crippen LogP contribution in [0.4, 0.5) is 0 Å². The van der Waals surface area contributed by atoms with Gasteiger partial charge in [-0.15, -0.1) is 0 Å². The van der Waals surface area contributed by atoms with E-state index >= 15 is 0 Å². The van der Waals surface area contributed by atoms with Crippen molar-refractivity contribution >= 4 is 35.0 Å². The van der Waals surface area contributed by atoms with Gasteiger partial charge < -0.3 is 4.74 Å². The van der Waals surface area contributed by atoms with Gasteiger partial charge in [-0.1, -0.05) is 23.2 Å². The first-order valence-corrected chi connectivity index (χ1v) is 6.19. The van der Waals surface area contributed by atoms with Crippen molar-refractivity contribution in [3.8, 4) is 11.8 Å². The molecule has 0 unspecified atom stereocenters. The predicted molar refractivity (Wildman–Crippen MR) is 74.4 cm³/mol. The lowest BCUT2D eigenvalue weighted by atomic mass is 10.1. The second kappa shape index (κ2) is 6.10. The van der Waals surface area contributed by atoms with Crippen molar-refractivity contribution in [1.29, 1.82) is 0 Å². The minimum absolute atomic E-state index is 0.256. The maximum absolute atomic E-state index is 11.7. The smallest absolute Gasteiger partial charge is 0.385 e. The highest BCUT2D eigenvalue weighted by atomic mass is 35.5. The minimum atomic E-state index is -0.749. The van der Waals surface area contributed by atoms with E-state index in [-0.39, 0.29) is 10.6 Å². The zero-order valence-electron chi connectivity index (χ0n) is 10.7. The van der Waals surface area contributed by atoms with Crippen molar-refractivity contribution in [3.63, 3.8) is 0 Å². The van der Waals surface area contributed by atoms with Gasteiger partial charge in [0.2, 0.25) is 5.78 Å². The Labute approximate surface area is 121 Å². The summed E-state index contributed by atoms with van der Waals surface area (Å²) < 4.78 is 4.95. The van der Waals surface area contributed by atoms with Gasteiger partial charge in [0.1, 0.15) is 5.60 Å². The fourth-order valence-corrected chi connectivity index (χ4v) is 1.42. The Morgan fingerprint density at radius 1 is 1.11 bits per heavy atom. The molecule has 0 aliphatic rings. The summed E-state index contributed by atoms with van der Waals surface area (Å²) in [6.45, 7) is 5.15. The number of hydrogen-bond acceptors (Lipinski definition) is 3. The number of hydrogen-bond donors (Lipinski definition) is 0. The highest BCUT2D eigenvalue weighted by Crippen LogP contribution is 2.22. The summed E-state index contributed by atoms with van der Waals surface area (Å²) in [6, 6.07) is 4.38. The van der Waals surface area contributed by atoms with Gasteiger partial charge in [0.15, 0.2) is 0 Å². The third-order valence-electron chi connectivity index (χ3n) is 1.86. The normalized spacial score (nSPS) is 10.4. The molecule has 0 aromatic heterocycles. The molecular formula is C14H12Cl2O3. The van der Waals surface area contributed by atoms with E-state index in [1.54, 1.807) is 20.8 Å². The lowest BCUT2D eigenvalue weighted by Gasteiger charge is -2.16. The molecule has 0 aliphatic heterocycles. The van der Waals surface area contributed by atoms with Gasteiger partial charge in [-0.25, -0.2) is 4.79 Å². The first-order valence-electron chi connectivity index (χ1n) is 5.43. The van der Waals surface area contributed by atoms with Crippen LogP contribution in [0.5, 0.6) is 0 Å². The van der Waals surface area contributed by atoms with E-state index < -0.39 is 17.4 Å². The molecule has 1 aromatic rings. The van der Waals surface area contributed by atoms with E-state index in [1.165, 1.54) is 18.2 Å². The van der Waals surface area contributed by atoms with Crippen LogP contribution >= 0.6 is 23.2 Å². The Kier molecular flexibility index (Phi) is 4.99. The molecule has 1 rings (SSSR count). The number of carbonyl (C=O) groups excluding carboxylic acids is 2. The lowest BCUT2D eigenvalue weighted by Crippen LogP contribution is -2.22. The van der Waals surface area contributed by atoms with Gasteiger partial charge in [-0.2, -0.15) is 0 Å². The molecule has 0 amide bonds. The Bertz CT molecular complexity index is 575. The summed E-state index contributed by atoms with van der Waals surface area (Å²) in [7, 11) is 0. The van der Waals surface area contributed by atoms with Crippen LogP contribution in [-0.4, -0.2) is 17.4 Å². The first kappa shape index (κ1) is 15.6. The van der Waals surface area contributed by atoms with Crippen molar-refractivity contribution in [2.45, 2.75) is 26.4 Å². The zero-order valence-corrected chi connectivity index (χ0v) is 12.2. The number of esters is 1. The maximum atomic E-state index is 11.7. The van der Waals surface area contributed by atoms with Crippen LogP contribution in [0.3, 0.4) is 0 Å². The average Bonchev–Trinajstić information content (AvgIpc) is 2.27. The van der Waals surface area contributed by atoms with Crippen molar-refractivity contribution in [1.82, 2.24) is 0 Å². The quantitative estimate of drug-likeness (QED) is 0.262. The topological polar surface area (TPSA) is 43.4 Å². The Balaban J connectivity index is 2.81. The lowest BCUT2D eigenvalue weighted by molar-refractivity contribution is -0.147. The third kappa shape index (κ3) is 5.34. The summed E-state index contributed by atoms with van der Waals surface area (Å²) in [5.74, 6) is 3.06. The molecule has 0 aliphatic carbocycles. The number of ketones is 1. The standard InChI is InChI=1S/C14H12Cl2O3/c1-14(2,3)19-13(18)7-6-12(17)9-4-5-10(15)11(16)8-9/h4-5,8H,1-3H3. The summed E-state index contributed by atoms with van der Waals surface area (Å²) >= 11 is 11.5. The maximum Gasteiger partial charge on any atom is 0.385 e. The highest BCUT2D eigenvalue weighted by molar-refractivity contribution is 6.42. The molecular weight excluding hydrogens is 287 g/mol. The van der Waals surface area contributed by atoms with Crippen LogP contribution in [0.2, 0.25) is 10.0 Å². The Morgan fingerprint density at radius 3 is 2.26 bits per heavy atom. The van der Waals surface area contributed by atoms with Crippen molar-refractivity contribution < 1.29 is 14.3 Å². The Hall–Kier alpha value is -1.50. The molecule has 3 nitrogen and oxygen atoms in total. The first-order chi connectivity index (χ1) is 8.69. The predicted octanol–water partition coefficient (Wildman–Crippen LogP) is 3.52. The van der Waals surface area contributed by atoms with Crippen LogP contribution in [0, 0.1) is 11.8 Å². The third-order valence-corrected chi connectivity index (χ3v) is 2.60. The fraction of sp³-hybridized carbons (Fsp3) is 0.286. The minimum Gasteiger partial charge on any atom is -0.450 e. The SMILES string of the molecule is CC(C)(C)OC(=O)C#CC(=O)c1ccc(Cl)c(Cl)c1. The molecule has 0 saturated carbocycles. The van der Waals surface area contributed by atoms with Crippen molar-refractivity contribution in [3.05, 3.63) is 33.8 Å². The highest BCUT2D eigenvalue weighted by Gasteiger charge is 2.14. The molecule has 0 N–H and O–H groups in total. The molecule has 1 aromatic carbocycles. The van der Waals surface area contributed by atoms with E-state index in [0.29, 0.717) is 5.02 Å². The Morgan fingerprint density at radius 2 is 1.74 bits per heavy atom. The van der Waals surface area contributed by atoms with Crippen LogP contribution in [0.25, 0.3) is 0 Å². The van der Waals surface area contributed by atoms with Crippen LogP contribution < -0.4 is 0 Å². The molecule has 0 atom stereocenters. The molecule has 19 heavy (non-hydrogen) atoms. The summed E-state index contributed by atoms with van der Waals surface area (Å²) in [5, 5.41) is 0.602. The fourth-order valence-electron chi connectivity index (χ4n) is 1.12. The van der Waals surface area contributed by atoms with E-state index in [1.807, 2.05) is 0 Å². The van der Waals surface area contributed by atoms with Crippen molar-refractivity contribution in [2.75, 3.05) is 0 Å². The number of rotatable bonds is 1. The van der Waals surface area contributed by atoms with Crippen molar-refractivity contribution in [2.24, 2.45) is 0 Å². The molecule has 0 heterocycles. The van der Waals surface area contributed by atoms with Gasteiger partial charge in [0.05, 0.1) is 10.0 Å². The average molecular weight is 299 g/mol. The molecule has 0 saturated heterocycles. The molecule has 100 valence electrons. The van der Waals surface area contributed by atoms with Gasteiger partial charge in [-0.05, 0) is 44.9 Å². The molecule has 0 spiro atoms. The van der Waals surface area contributed by atoms with Gasteiger partial charge in [0.25, 0.3) is 0 Å². The van der Waals surface area contributed by atoms with Crippen LogP contribution in [0.15, 0.2) is 18.2 Å². The van der Waals surface area contributed by atoms with Gasteiger partial charge in [-0.3, -0.25) is 4.79 Å². The molecule has 0 radical (unpaired) electrons. The van der Waals surface area contributed by atoms with Crippen LogP contribution in [-0.2, 0) is 9.53 Å². The second-order valence-corrected chi connectivity index (χ2v) is 5.52.